The standard InChI is InChI=1S/C43H65IN2O4S/c1-25(2)28-11-16-43(45-19-20-46-24-27(23-35(46)44)51(8,49)50)18-17-41(6)32(37(28)43)9-10-34-40(5)14-12-31(26-21-29-30(22-26)36(29)38(47)48)39(3,4)33(40)13-15-42(34,41)7/h12,21,27-30,32-37,45H,1,9-11,13-20,22-24H2,2-8H3,(H,47,48)/t27-,28+,29?,30?,32-,33+,34-,35-,36?,37-,40+,41-,42-,43+/m1/s1. The number of halogens is 1. The van der Waals surface area contributed by atoms with Crippen molar-refractivity contribution < 1.29 is 18.3 Å². The van der Waals surface area contributed by atoms with Crippen LogP contribution in [0.2, 0.25) is 0 Å². The van der Waals surface area contributed by atoms with Crippen molar-refractivity contribution in [2.24, 2.45) is 69.0 Å². The zero-order valence-corrected chi connectivity index (χ0v) is 35.4. The third-order valence-corrected chi connectivity index (χ3v) is 21.0. The van der Waals surface area contributed by atoms with Gasteiger partial charge in [-0.15, -0.1) is 0 Å². The van der Waals surface area contributed by atoms with Crippen molar-refractivity contribution in [3.8, 4) is 0 Å². The molecule has 3 unspecified atom stereocenters. The van der Waals surface area contributed by atoms with Crippen LogP contribution in [-0.4, -0.2) is 65.1 Å². The number of fused-ring (bicyclic) bond motifs is 8. The van der Waals surface area contributed by atoms with E-state index in [0.29, 0.717) is 47.5 Å². The van der Waals surface area contributed by atoms with Gasteiger partial charge in [-0.2, -0.15) is 0 Å². The molecule has 8 aliphatic rings. The normalized spacial score (nSPS) is 49.9. The molecule has 284 valence electrons. The fourth-order valence-corrected chi connectivity index (χ4v) is 17.9. The zero-order chi connectivity index (χ0) is 36.7. The average Bonchev–Trinajstić information content (AvgIpc) is 3.33. The lowest BCUT2D eigenvalue weighted by Crippen LogP contribution is -2.68. The van der Waals surface area contributed by atoms with Gasteiger partial charge in [0.2, 0.25) is 0 Å². The molecule has 0 aromatic carbocycles. The molecule has 0 radical (unpaired) electrons. The molecule has 0 bridgehead atoms. The summed E-state index contributed by atoms with van der Waals surface area (Å²) in [5.41, 5.74) is 5.49. The van der Waals surface area contributed by atoms with Crippen LogP contribution in [0.15, 0.2) is 35.5 Å². The second-order valence-corrected chi connectivity index (χ2v) is 24.2. The predicted molar refractivity (Wildman–Crippen MR) is 214 cm³/mol. The van der Waals surface area contributed by atoms with Gasteiger partial charge in [-0.3, -0.25) is 9.69 Å². The largest absolute Gasteiger partial charge is 0.481 e. The summed E-state index contributed by atoms with van der Waals surface area (Å²) >= 11 is 2.46. The number of sulfone groups is 1. The summed E-state index contributed by atoms with van der Waals surface area (Å²) in [6.45, 7) is 22.6. The molecule has 0 aromatic heterocycles. The second-order valence-electron chi connectivity index (χ2n) is 20.4. The van der Waals surface area contributed by atoms with Gasteiger partial charge in [0.25, 0.3) is 0 Å². The molecular weight excluding hydrogens is 767 g/mol. The Morgan fingerprint density at radius 2 is 1.78 bits per heavy atom. The monoisotopic (exact) mass is 832 g/mol. The van der Waals surface area contributed by atoms with Gasteiger partial charge in [-0.1, -0.05) is 81.5 Å². The number of likely N-dealkylation sites (tertiary alicyclic amines) is 1. The van der Waals surface area contributed by atoms with Crippen molar-refractivity contribution >= 4 is 38.4 Å². The molecule has 6 fully saturated rings. The van der Waals surface area contributed by atoms with Crippen molar-refractivity contribution in [2.45, 2.75) is 127 Å². The molecule has 7 aliphatic carbocycles. The van der Waals surface area contributed by atoms with Crippen LogP contribution in [0.5, 0.6) is 0 Å². The van der Waals surface area contributed by atoms with Gasteiger partial charge in [0.05, 0.1) is 15.2 Å². The van der Waals surface area contributed by atoms with Gasteiger partial charge in [0, 0.05) is 31.4 Å². The number of carboxylic acids is 1. The van der Waals surface area contributed by atoms with Gasteiger partial charge < -0.3 is 10.4 Å². The van der Waals surface area contributed by atoms with Gasteiger partial charge in [-0.05, 0) is 152 Å². The minimum atomic E-state index is -3.01. The molecule has 14 atom stereocenters. The number of nitrogens with zero attached hydrogens (tertiary/aromatic N) is 1. The van der Waals surface area contributed by atoms with E-state index in [4.69, 9.17) is 0 Å². The second kappa shape index (κ2) is 12.1. The molecule has 51 heavy (non-hydrogen) atoms. The minimum Gasteiger partial charge on any atom is -0.481 e. The number of rotatable bonds is 8. The smallest absolute Gasteiger partial charge is 0.307 e. The highest BCUT2D eigenvalue weighted by atomic mass is 127. The van der Waals surface area contributed by atoms with Crippen LogP contribution in [0.25, 0.3) is 0 Å². The van der Waals surface area contributed by atoms with Crippen molar-refractivity contribution in [3.63, 3.8) is 0 Å². The van der Waals surface area contributed by atoms with E-state index < -0.39 is 15.8 Å². The first-order chi connectivity index (χ1) is 23.8. The summed E-state index contributed by atoms with van der Waals surface area (Å²) in [7, 11) is -3.01. The van der Waals surface area contributed by atoms with Crippen molar-refractivity contribution in [2.75, 3.05) is 25.9 Å². The topological polar surface area (TPSA) is 86.7 Å². The Kier molecular flexibility index (Phi) is 8.86. The molecule has 8 rings (SSSR count). The molecule has 1 heterocycles. The molecule has 8 heteroatoms. The highest BCUT2D eigenvalue weighted by Crippen LogP contribution is 2.77. The number of carbonyl (C=O) groups is 1. The van der Waals surface area contributed by atoms with Crippen LogP contribution in [0.1, 0.15) is 112 Å². The van der Waals surface area contributed by atoms with Crippen molar-refractivity contribution in [1.82, 2.24) is 10.2 Å². The summed E-state index contributed by atoms with van der Waals surface area (Å²) in [5.74, 6) is 3.04. The van der Waals surface area contributed by atoms with E-state index in [1.807, 2.05) is 0 Å². The van der Waals surface area contributed by atoms with Gasteiger partial charge in [0.15, 0.2) is 9.84 Å². The third kappa shape index (κ3) is 5.37. The maximum atomic E-state index is 12.3. The molecule has 0 amide bonds. The maximum Gasteiger partial charge on any atom is 0.307 e. The molecule has 1 saturated heterocycles. The highest BCUT2D eigenvalue weighted by molar-refractivity contribution is 14.1. The molecule has 2 N–H and O–H groups in total. The summed E-state index contributed by atoms with van der Waals surface area (Å²) in [6, 6.07) is 0. The number of hydrogen-bond acceptors (Lipinski definition) is 5. The number of nitrogens with one attached hydrogen (secondary N) is 1. The number of aliphatic carboxylic acids is 1. The fourth-order valence-electron chi connectivity index (χ4n) is 15.4. The lowest BCUT2D eigenvalue weighted by atomic mass is 9.33. The van der Waals surface area contributed by atoms with Crippen molar-refractivity contribution in [3.05, 3.63) is 35.5 Å². The number of alkyl halides is 1. The Bertz CT molecular complexity index is 1670. The lowest BCUT2D eigenvalue weighted by Gasteiger charge is -2.72. The first-order valence-corrected chi connectivity index (χ1v) is 23.6. The summed E-state index contributed by atoms with van der Waals surface area (Å²) in [5, 5.41) is 13.6. The first-order valence-electron chi connectivity index (χ1n) is 20.4. The van der Waals surface area contributed by atoms with Crippen LogP contribution in [0.3, 0.4) is 0 Å². The first kappa shape index (κ1) is 37.2. The maximum absolute atomic E-state index is 12.3. The third-order valence-electron chi connectivity index (χ3n) is 18.1. The fraction of sp³-hybridized carbons (Fsp3) is 0.837. The minimum absolute atomic E-state index is 0.100. The molecule has 0 spiro atoms. The van der Waals surface area contributed by atoms with E-state index in [9.17, 15) is 18.3 Å². The number of hydrogen-bond donors (Lipinski definition) is 2. The van der Waals surface area contributed by atoms with E-state index in [0.717, 1.165) is 32.4 Å². The quantitative estimate of drug-likeness (QED) is 0.110. The van der Waals surface area contributed by atoms with E-state index in [1.165, 1.54) is 68.8 Å². The number of allylic oxidation sites excluding steroid dienone is 5. The van der Waals surface area contributed by atoms with E-state index in [1.54, 1.807) is 5.57 Å². The van der Waals surface area contributed by atoms with Crippen LogP contribution in [0, 0.1) is 69.0 Å². The highest BCUT2D eigenvalue weighted by Gasteiger charge is 2.70. The van der Waals surface area contributed by atoms with Gasteiger partial charge >= 0.3 is 5.97 Å². The molecule has 1 aliphatic heterocycles. The Morgan fingerprint density at radius 3 is 2.41 bits per heavy atom. The molecule has 5 saturated carbocycles. The summed E-state index contributed by atoms with van der Waals surface area (Å²) in [6.07, 6.45) is 19.5. The van der Waals surface area contributed by atoms with Crippen LogP contribution < -0.4 is 5.32 Å². The van der Waals surface area contributed by atoms with Crippen LogP contribution in [0.4, 0.5) is 0 Å². The zero-order valence-electron chi connectivity index (χ0n) is 32.4. The average molecular weight is 833 g/mol. The SMILES string of the molecule is C=C(C)[C@@H]1CC[C@]2(NCCN3C[C@H](S(C)(=O)=O)C[C@@H]3I)CC[C@]3(C)[C@H](CC[C@@H]4[C@@]5(C)CC=C(C6=CC7C(C6)C7C(=O)O)C(C)(C)[C@@H]5CC[C@]43C)[C@@H]12. The molecular formula is C43H65IN2O4S. The molecule has 0 aromatic rings. The van der Waals surface area contributed by atoms with Crippen LogP contribution >= 0.6 is 22.6 Å². The van der Waals surface area contributed by atoms with Crippen LogP contribution in [-0.2, 0) is 14.6 Å². The van der Waals surface area contributed by atoms with Crippen molar-refractivity contribution in [1.29, 1.82) is 0 Å². The van der Waals surface area contributed by atoms with E-state index in [-0.39, 0.29) is 42.9 Å². The Morgan fingerprint density at radius 1 is 1.04 bits per heavy atom. The Balaban J connectivity index is 1.03. The predicted octanol–water partition coefficient (Wildman–Crippen LogP) is 8.68. The Hall–Kier alpha value is -0.710. The lowest BCUT2D eigenvalue weighted by molar-refractivity contribution is -0.221. The summed E-state index contributed by atoms with van der Waals surface area (Å²) < 4.78 is 25.0. The molecule has 6 nitrogen and oxygen atoms in total. The number of carboxylic acid groups (broad SMARTS) is 1. The van der Waals surface area contributed by atoms with E-state index >= 15 is 0 Å². The van der Waals surface area contributed by atoms with E-state index in [2.05, 4.69) is 93.1 Å². The van der Waals surface area contributed by atoms with Gasteiger partial charge in [-0.25, -0.2) is 8.42 Å². The van der Waals surface area contributed by atoms with Gasteiger partial charge in [0.1, 0.15) is 0 Å². The summed E-state index contributed by atoms with van der Waals surface area (Å²) in [4.78, 5) is 14.1. The Labute approximate surface area is 322 Å².